The number of likely N-dealkylation sites (tertiary alicyclic amines) is 1. The Morgan fingerprint density at radius 2 is 1.71 bits per heavy atom. The molecule has 0 aliphatic carbocycles. The number of hydrogen-bond donors (Lipinski definition) is 0. The minimum Gasteiger partial charge on any atom is -0.306 e. The van der Waals surface area contributed by atoms with Crippen LogP contribution >= 0.6 is 0 Å². The molecule has 1 fully saturated rings. The predicted molar refractivity (Wildman–Crippen MR) is 88.2 cm³/mol. The summed E-state index contributed by atoms with van der Waals surface area (Å²) in [6.07, 6.45) is 4.24. The van der Waals surface area contributed by atoms with Crippen molar-refractivity contribution >= 4 is 9.84 Å². The van der Waals surface area contributed by atoms with Crippen LogP contribution in [0.5, 0.6) is 0 Å². The molecular formula is C17H27NO2S. The summed E-state index contributed by atoms with van der Waals surface area (Å²) in [5, 5.41) is 0. The Hall–Kier alpha value is -0.870. The van der Waals surface area contributed by atoms with Gasteiger partial charge in [-0.1, -0.05) is 50.1 Å². The average Bonchev–Trinajstić information content (AvgIpc) is 2.49. The Morgan fingerprint density at radius 1 is 1.10 bits per heavy atom. The summed E-state index contributed by atoms with van der Waals surface area (Å²) in [5.41, 5.74) is 0.981. The maximum Gasteiger partial charge on any atom is 0.160 e. The zero-order valence-electron chi connectivity index (χ0n) is 13.2. The molecule has 0 spiro atoms. The number of hydrogen-bond acceptors (Lipinski definition) is 3. The molecule has 4 heteroatoms. The molecule has 1 heterocycles. The zero-order valence-corrected chi connectivity index (χ0v) is 14.0. The molecule has 1 aromatic rings. The number of unbranched alkanes of at least 4 members (excludes halogenated alkanes) is 2. The third-order valence-corrected chi connectivity index (χ3v) is 7.37. The van der Waals surface area contributed by atoms with Gasteiger partial charge < -0.3 is 4.90 Å². The van der Waals surface area contributed by atoms with E-state index in [0.717, 1.165) is 37.9 Å². The van der Waals surface area contributed by atoms with Gasteiger partial charge in [-0.25, -0.2) is 8.42 Å². The molecule has 0 aromatic heterocycles. The standard InChI is InChI=1S/C17H27NO2S/c1-3-4-8-15-21(19,20)17(11-13-18(2)14-12-17)16-9-6-5-7-10-16/h5-7,9-10H,3-4,8,11-15H2,1-2H3. The lowest BCUT2D eigenvalue weighted by atomic mass is 9.88. The highest BCUT2D eigenvalue weighted by Gasteiger charge is 2.46. The Morgan fingerprint density at radius 3 is 2.29 bits per heavy atom. The Labute approximate surface area is 129 Å². The Kier molecular flexibility index (Phi) is 5.44. The number of sulfone groups is 1. The molecule has 118 valence electrons. The predicted octanol–water partition coefficient (Wildman–Crippen LogP) is 3.21. The van der Waals surface area contributed by atoms with Crippen molar-refractivity contribution in [2.24, 2.45) is 0 Å². The summed E-state index contributed by atoms with van der Waals surface area (Å²) in [6, 6.07) is 9.84. The SMILES string of the molecule is CCCCCS(=O)(=O)C1(c2ccccc2)CCN(C)CC1. The molecule has 3 nitrogen and oxygen atoms in total. The van der Waals surface area contributed by atoms with Crippen LogP contribution < -0.4 is 0 Å². The molecule has 0 radical (unpaired) electrons. The number of piperidine rings is 1. The normalized spacial score (nSPS) is 19.5. The average molecular weight is 309 g/mol. The van der Waals surface area contributed by atoms with E-state index in [1.165, 1.54) is 0 Å². The van der Waals surface area contributed by atoms with E-state index in [-0.39, 0.29) is 0 Å². The molecule has 1 aromatic carbocycles. The van der Waals surface area contributed by atoms with Gasteiger partial charge in [-0.05, 0) is 45.0 Å². The topological polar surface area (TPSA) is 37.4 Å². The van der Waals surface area contributed by atoms with Crippen molar-refractivity contribution in [3.63, 3.8) is 0 Å². The molecule has 1 saturated heterocycles. The molecule has 1 aliphatic heterocycles. The first-order valence-corrected chi connectivity index (χ1v) is 9.63. The molecule has 0 N–H and O–H groups in total. The van der Waals surface area contributed by atoms with E-state index in [1.807, 2.05) is 30.3 Å². The second-order valence-corrected chi connectivity index (χ2v) is 8.61. The molecule has 1 aliphatic rings. The van der Waals surface area contributed by atoms with Crippen LogP contribution in [0, 0.1) is 0 Å². The van der Waals surface area contributed by atoms with E-state index >= 15 is 0 Å². The maximum atomic E-state index is 13.1. The second kappa shape index (κ2) is 6.93. The van der Waals surface area contributed by atoms with Crippen molar-refractivity contribution < 1.29 is 8.42 Å². The number of nitrogens with zero attached hydrogens (tertiary/aromatic N) is 1. The first-order valence-electron chi connectivity index (χ1n) is 7.98. The van der Waals surface area contributed by atoms with E-state index in [4.69, 9.17) is 0 Å². The van der Waals surface area contributed by atoms with Crippen LogP contribution in [0.3, 0.4) is 0 Å². The van der Waals surface area contributed by atoms with Gasteiger partial charge in [0, 0.05) is 0 Å². The lowest BCUT2D eigenvalue weighted by Crippen LogP contribution is -2.46. The van der Waals surface area contributed by atoms with Crippen molar-refractivity contribution in [3.8, 4) is 0 Å². The van der Waals surface area contributed by atoms with E-state index in [9.17, 15) is 8.42 Å². The fourth-order valence-electron chi connectivity index (χ4n) is 3.24. The number of benzene rings is 1. The van der Waals surface area contributed by atoms with Crippen LogP contribution in [-0.2, 0) is 14.6 Å². The van der Waals surface area contributed by atoms with Crippen LogP contribution in [0.1, 0.15) is 44.6 Å². The van der Waals surface area contributed by atoms with Crippen LogP contribution in [0.2, 0.25) is 0 Å². The second-order valence-electron chi connectivity index (χ2n) is 6.19. The zero-order chi connectivity index (χ0) is 15.3. The van der Waals surface area contributed by atoms with E-state index in [1.54, 1.807) is 0 Å². The van der Waals surface area contributed by atoms with Crippen molar-refractivity contribution in [1.82, 2.24) is 4.90 Å². The number of rotatable bonds is 6. The quantitative estimate of drug-likeness (QED) is 0.757. The van der Waals surface area contributed by atoms with Crippen molar-refractivity contribution in [1.29, 1.82) is 0 Å². The van der Waals surface area contributed by atoms with E-state index in [2.05, 4.69) is 18.9 Å². The van der Waals surface area contributed by atoms with Gasteiger partial charge in [-0.3, -0.25) is 0 Å². The minimum absolute atomic E-state index is 0.319. The third kappa shape index (κ3) is 3.49. The van der Waals surface area contributed by atoms with Crippen LogP contribution in [0.25, 0.3) is 0 Å². The summed E-state index contributed by atoms with van der Waals surface area (Å²) in [5.74, 6) is 0.319. The lowest BCUT2D eigenvalue weighted by Gasteiger charge is -2.40. The molecule has 2 rings (SSSR count). The van der Waals surface area contributed by atoms with E-state index < -0.39 is 14.6 Å². The minimum atomic E-state index is -3.12. The van der Waals surface area contributed by atoms with Crippen molar-refractivity contribution in [2.75, 3.05) is 25.9 Å². The third-order valence-electron chi connectivity index (χ3n) is 4.71. The largest absolute Gasteiger partial charge is 0.306 e. The summed E-state index contributed by atoms with van der Waals surface area (Å²) in [4.78, 5) is 2.22. The summed E-state index contributed by atoms with van der Waals surface area (Å²) in [6.45, 7) is 3.80. The van der Waals surface area contributed by atoms with Gasteiger partial charge in [0.05, 0.1) is 10.5 Å². The summed E-state index contributed by atoms with van der Waals surface area (Å²) >= 11 is 0. The van der Waals surface area contributed by atoms with Gasteiger partial charge >= 0.3 is 0 Å². The van der Waals surface area contributed by atoms with Gasteiger partial charge in [0.2, 0.25) is 0 Å². The van der Waals surface area contributed by atoms with Crippen molar-refractivity contribution in [3.05, 3.63) is 35.9 Å². The smallest absolute Gasteiger partial charge is 0.160 e. The molecule has 0 amide bonds. The Balaban J connectivity index is 2.33. The molecular weight excluding hydrogens is 282 g/mol. The maximum absolute atomic E-state index is 13.1. The van der Waals surface area contributed by atoms with Crippen LogP contribution in [-0.4, -0.2) is 39.2 Å². The van der Waals surface area contributed by atoms with Crippen LogP contribution in [0.4, 0.5) is 0 Å². The van der Waals surface area contributed by atoms with Gasteiger partial charge in [0.1, 0.15) is 0 Å². The van der Waals surface area contributed by atoms with Gasteiger partial charge in [-0.15, -0.1) is 0 Å². The summed E-state index contributed by atoms with van der Waals surface area (Å²) < 4.78 is 25.5. The fourth-order valence-corrected chi connectivity index (χ4v) is 5.51. The van der Waals surface area contributed by atoms with Gasteiger partial charge in [0.15, 0.2) is 9.84 Å². The highest BCUT2D eigenvalue weighted by molar-refractivity contribution is 7.92. The Bertz CT molecular complexity index is 531. The summed E-state index contributed by atoms with van der Waals surface area (Å²) in [7, 11) is -1.05. The molecule has 21 heavy (non-hydrogen) atoms. The van der Waals surface area contributed by atoms with Crippen LogP contribution in [0.15, 0.2) is 30.3 Å². The van der Waals surface area contributed by atoms with Crippen molar-refractivity contribution in [2.45, 2.75) is 43.8 Å². The fraction of sp³-hybridized carbons (Fsp3) is 0.647. The van der Waals surface area contributed by atoms with Gasteiger partial charge in [-0.2, -0.15) is 0 Å². The molecule has 0 atom stereocenters. The molecule has 0 saturated carbocycles. The molecule has 0 unspecified atom stereocenters. The molecule has 0 bridgehead atoms. The lowest BCUT2D eigenvalue weighted by molar-refractivity contribution is 0.232. The van der Waals surface area contributed by atoms with E-state index in [0.29, 0.717) is 18.6 Å². The first kappa shape index (κ1) is 16.5. The first-order chi connectivity index (χ1) is 10.0. The monoisotopic (exact) mass is 309 g/mol. The van der Waals surface area contributed by atoms with Gasteiger partial charge in [0.25, 0.3) is 0 Å². The highest BCUT2D eigenvalue weighted by Crippen LogP contribution is 2.41. The highest BCUT2D eigenvalue weighted by atomic mass is 32.2.